The molecule has 0 aliphatic carbocycles. The Bertz CT molecular complexity index is 4390. The van der Waals surface area contributed by atoms with Crippen molar-refractivity contribution in [2.45, 2.75) is 0 Å². The molecule has 318 valence electrons. The van der Waals surface area contributed by atoms with Gasteiger partial charge in [-0.3, -0.25) is 9.97 Å². The average molecular weight is 878 g/mol. The molecule has 5 aromatic heterocycles. The summed E-state index contributed by atoms with van der Waals surface area (Å²) in [6, 6.07) is 50.6. The number of fused-ring (bicyclic) bond motifs is 6. The number of benzene rings is 8. The van der Waals surface area contributed by atoms with Gasteiger partial charge in [0.15, 0.2) is 17.5 Å². The van der Waals surface area contributed by atoms with Gasteiger partial charge in [0.2, 0.25) is 0 Å². The molecule has 5 heterocycles. The van der Waals surface area contributed by atoms with Crippen molar-refractivity contribution in [3.05, 3.63) is 231 Å². The van der Waals surface area contributed by atoms with Crippen LogP contribution in [0.3, 0.4) is 0 Å². The minimum atomic E-state index is -0.483. The molecular weight excluding hydrogens is 833 g/mol. The molecule has 0 atom stereocenters. The molecule has 0 unspecified atom stereocenters. The molecule has 0 amide bonds. The molecule has 13 rings (SSSR count). The van der Waals surface area contributed by atoms with E-state index in [-0.39, 0.29) is 57.8 Å². The lowest BCUT2D eigenvalue weighted by Crippen LogP contribution is -2.04. The lowest BCUT2D eigenvalue weighted by molar-refractivity contribution is 0.670. The summed E-state index contributed by atoms with van der Waals surface area (Å²) in [6.45, 7) is 0. The zero-order valence-corrected chi connectivity index (χ0v) is 36.0. The normalized spacial score (nSPS) is 13.0. The summed E-state index contributed by atoms with van der Waals surface area (Å²) in [5.41, 5.74) is 11.3. The van der Waals surface area contributed by atoms with Crippen LogP contribution in [0.1, 0.15) is 9.60 Å². The van der Waals surface area contributed by atoms with Crippen molar-refractivity contribution in [3.8, 4) is 84.4 Å². The first-order valence-electron chi connectivity index (χ1n) is 25.5. The Morgan fingerprint density at radius 1 is 0.382 bits per heavy atom. The summed E-state index contributed by atoms with van der Waals surface area (Å²) in [5, 5.41) is 2.10. The quantitative estimate of drug-likeness (QED) is 0.151. The largest absolute Gasteiger partial charge is 0.455 e. The zero-order chi connectivity index (χ0) is 51.1. The third-order valence-corrected chi connectivity index (χ3v) is 12.3. The van der Waals surface area contributed by atoms with Crippen LogP contribution < -0.4 is 0 Å². The molecule has 0 aliphatic heterocycles. The van der Waals surface area contributed by atoms with E-state index in [0.29, 0.717) is 34.0 Å². The van der Waals surface area contributed by atoms with E-state index in [9.17, 15) is 2.74 Å². The van der Waals surface area contributed by atoms with Crippen LogP contribution in [0.5, 0.6) is 0 Å². The molecule has 13 aromatic rings. The molecule has 7 nitrogen and oxygen atoms in total. The van der Waals surface area contributed by atoms with Crippen LogP contribution in [-0.4, -0.2) is 29.5 Å². The van der Waals surface area contributed by atoms with Gasteiger partial charge in [0.25, 0.3) is 0 Å². The van der Waals surface area contributed by atoms with Crippen LogP contribution in [0, 0.1) is 0 Å². The van der Waals surface area contributed by atoms with E-state index in [1.54, 1.807) is 41.5 Å². The zero-order valence-electron chi connectivity index (χ0n) is 43.0. The highest BCUT2D eigenvalue weighted by atomic mass is 16.3. The molecule has 0 radical (unpaired) electrons. The van der Waals surface area contributed by atoms with E-state index in [0.717, 1.165) is 66.4 Å². The second kappa shape index (κ2) is 16.3. The number of rotatable bonds is 8. The Morgan fingerprint density at radius 3 is 1.79 bits per heavy atom. The van der Waals surface area contributed by atoms with Crippen LogP contribution in [0.4, 0.5) is 0 Å². The van der Waals surface area contributed by atoms with Gasteiger partial charge in [0.05, 0.1) is 26.3 Å². The van der Waals surface area contributed by atoms with E-state index in [1.807, 2.05) is 109 Å². The number of aromatic nitrogens is 6. The van der Waals surface area contributed by atoms with Gasteiger partial charge in [-0.2, -0.15) is 0 Å². The third-order valence-electron chi connectivity index (χ3n) is 12.3. The van der Waals surface area contributed by atoms with Crippen LogP contribution in [0.15, 0.2) is 235 Å². The van der Waals surface area contributed by atoms with E-state index in [2.05, 4.69) is 46.4 Å². The fourth-order valence-corrected chi connectivity index (χ4v) is 9.14. The van der Waals surface area contributed by atoms with E-state index in [4.69, 9.17) is 26.2 Å². The number of nitrogens with zero attached hydrogens (tertiary/aromatic N) is 6. The summed E-state index contributed by atoms with van der Waals surface area (Å²) in [6.07, 6.45) is 7.06. The van der Waals surface area contributed by atoms with Gasteiger partial charge in [0, 0.05) is 79.7 Å². The van der Waals surface area contributed by atoms with Crippen LogP contribution in [-0.2, 0) is 0 Å². The standard InChI is InChI=1S/C61H38N6O/c1-2-14-39(15-3-1)40-28-29-57-53(36-40)51-24-11-23-48(58(51)68-57)41-16-10-17-42(32-41)59-64-60(47-34-45(43-18-12-30-62-37-43)33-46(35-47)44-19-13-31-63-38-44)66-61(65-59)52-22-6-9-27-56(52)67-54-25-7-4-20-49(54)50-21-5-8-26-55(50)67/h1-38H/i4D,5D,7D,20D,21D,25D,26D. The summed E-state index contributed by atoms with van der Waals surface area (Å²) in [5.74, 6) is 0.894. The number of hydrogen-bond donors (Lipinski definition) is 0. The van der Waals surface area contributed by atoms with Crippen molar-refractivity contribution >= 4 is 43.7 Å². The molecule has 0 N–H and O–H groups in total. The minimum absolute atomic E-state index is 0.0403. The predicted molar refractivity (Wildman–Crippen MR) is 275 cm³/mol. The summed E-state index contributed by atoms with van der Waals surface area (Å²) in [7, 11) is 0. The van der Waals surface area contributed by atoms with Gasteiger partial charge in [-0.05, 0) is 101 Å². The number of para-hydroxylation sites is 4. The maximum Gasteiger partial charge on any atom is 0.166 e. The van der Waals surface area contributed by atoms with E-state index in [1.165, 1.54) is 6.07 Å². The fraction of sp³-hybridized carbons (Fsp3) is 0. The van der Waals surface area contributed by atoms with Gasteiger partial charge in [-0.1, -0.05) is 133 Å². The van der Waals surface area contributed by atoms with E-state index >= 15 is 0 Å². The molecule has 68 heavy (non-hydrogen) atoms. The van der Waals surface area contributed by atoms with Crippen molar-refractivity contribution in [1.82, 2.24) is 29.5 Å². The Balaban J connectivity index is 1.05. The van der Waals surface area contributed by atoms with Crippen molar-refractivity contribution < 1.29 is 14.0 Å². The minimum Gasteiger partial charge on any atom is -0.455 e. The fourth-order valence-electron chi connectivity index (χ4n) is 9.14. The third kappa shape index (κ3) is 6.80. The Kier molecular flexibility index (Phi) is 7.74. The van der Waals surface area contributed by atoms with Crippen molar-refractivity contribution in [2.75, 3.05) is 0 Å². The lowest BCUT2D eigenvalue weighted by atomic mass is 9.97. The molecule has 0 bridgehead atoms. The second-order valence-electron chi connectivity index (χ2n) is 16.4. The topological polar surface area (TPSA) is 82.5 Å². The number of pyridine rings is 2. The Hall–Kier alpha value is -9.33. The first kappa shape index (κ1) is 32.3. The smallest absolute Gasteiger partial charge is 0.166 e. The van der Waals surface area contributed by atoms with Crippen LogP contribution in [0.2, 0.25) is 0 Å². The molecule has 0 spiro atoms. The second-order valence-corrected chi connectivity index (χ2v) is 16.4. The van der Waals surface area contributed by atoms with Gasteiger partial charge in [0.1, 0.15) is 11.2 Å². The van der Waals surface area contributed by atoms with Gasteiger partial charge in [-0.15, -0.1) is 0 Å². The molecule has 0 fully saturated rings. The highest BCUT2D eigenvalue weighted by Crippen LogP contribution is 2.40. The van der Waals surface area contributed by atoms with E-state index < -0.39 is 12.1 Å². The lowest BCUT2D eigenvalue weighted by Gasteiger charge is -2.15. The molecule has 8 aromatic carbocycles. The summed E-state index contributed by atoms with van der Waals surface area (Å²) < 4.78 is 70.9. The summed E-state index contributed by atoms with van der Waals surface area (Å²) >= 11 is 0. The highest BCUT2D eigenvalue weighted by Gasteiger charge is 2.21. The van der Waals surface area contributed by atoms with Gasteiger partial charge < -0.3 is 8.98 Å². The number of hydrogen-bond acceptors (Lipinski definition) is 6. The monoisotopic (exact) mass is 877 g/mol. The number of furan rings is 1. The molecule has 7 heteroatoms. The predicted octanol–water partition coefficient (Wildman–Crippen LogP) is 15.3. The maximum atomic E-state index is 9.27. The molecule has 0 saturated heterocycles. The van der Waals surface area contributed by atoms with Crippen LogP contribution >= 0.6 is 0 Å². The first-order valence-corrected chi connectivity index (χ1v) is 22.0. The Labute approximate surface area is 401 Å². The molecule has 0 saturated carbocycles. The van der Waals surface area contributed by atoms with Crippen LogP contribution in [0.25, 0.3) is 128 Å². The highest BCUT2D eigenvalue weighted by molar-refractivity contribution is 6.11. The average Bonchev–Trinajstić information content (AvgIpc) is 4.17. The van der Waals surface area contributed by atoms with Crippen molar-refractivity contribution in [2.24, 2.45) is 0 Å². The maximum absolute atomic E-state index is 9.27. The van der Waals surface area contributed by atoms with Gasteiger partial charge in [-0.25, -0.2) is 15.0 Å². The van der Waals surface area contributed by atoms with Crippen molar-refractivity contribution in [1.29, 1.82) is 0 Å². The van der Waals surface area contributed by atoms with Gasteiger partial charge >= 0.3 is 0 Å². The SMILES string of the molecule is [2H]c1cc([2H])c2c(c1[2H])c1c([2H])c([2H])c([2H])c([2H])c1n2-c1ccccc1-c1nc(-c2cc(-c3cccnc3)cc(-c3cccnc3)c2)nc(-c2cccc(-c3cccc4c3oc3ccc(-c5ccccc5)cc34)c2)n1. The summed E-state index contributed by atoms with van der Waals surface area (Å²) in [4.78, 5) is 24.6. The molecular formula is C61H38N6O. The molecule has 0 aliphatic rings. The van der Waals surface area contributed by atoms with Crippen molar-refractivity contribution in [3.63, 3.8) is 0 Å². The Morgan fingerprint density at radius 2 is 1.00 bits per heavy atom. The first-order chi connectivity index (χ1) is 36.6.